The molecule has 2 aromatic carbocycles. The van der Waals surface area contributed by atoms with E-state index in [9.17, 15) is 4.79 Å². The summed E-state index contributed by atoms with van der Waals surface area (Å²) in [6.45, 7) is 4.16. The molecule has 0 N–H and O–H groups in total. The predicted molar refractivity (Wildman–Crippen MR) is 118 cm³/mol. The van der Waals surface area contributed by atoms with E-state index in [2.05, 4.69) is 48.7 Å². The number of rotatable bonds is 2. The molecule has 0 atom stereocenters. The average Bonchev–Trinajstić information content (AvgIpc) is 3.15. The SMILES string of the molecule is Cc1ccn2c(-c3ccccc3)c(C)c(N=C3C(=O)N(C)c4ccccc43)c2c1. The van der Waals surface area contributed by atoms with E-state index in [0.29, 0.717) is 5.71 Å². The van der Waals surface area contributed by atoms with E-state index in [4.69, 9.17) is 4.99 Å². The van der Waals surface area contributed by atoms with Crippen LogP contribution in [0.1, 0.15) is 16.7 Å². The van der Waals surface area contributed by atoms with Gasteiger partial charge in [-0.25, -0.2) is 4.99 Å². The smallest absolute Gasteiger partial charge is 0.277 e. The Bertz CT molecular complexity index is 1300. The van der Waals surface area contributed by atoms with E-state index in [0.717, 1.165) is 44.8 Å². The van der Waals surface area contributed by atoms with Gasteiger partial charge in [0, 0.05) is 24.4 Å². The van der Waals surface area contributed by atoms with Crippen LogP contribution in [0.25, 0.3) is 16.8 Å². The topological polar surface area (TPSA) is 37.1 Å². The van der Waals surface area contributed by atoms with Gasteiger partial charge in [0.15, 0.2) is 0 Å². The molecule has 5 rings (SSSR count). The lowest BCUT2D eigenvalue weighted by Crippen LogP contribution is -2.25. The molecular weight excluding hydrogens is 358 g/mol. The van der Waals surface area contributed by atoms with Crippen molar-refractivity contribution >= 4 is 28.5 Å². The Hall–Kier alpha value is -3.66. The molecule has 0 unspecified atom stereocenters. The molecule has 0 radical (unpaired) electrons. The molecule has 4 heteroatoms. The number of hydrogen-bond acceptors (Lipinski definition) is 2. The minimum Gasteiger partial charge on any atom is -0.314 e. The van der Waals surface area contributed by atoms with Crippen LogP contribution in [0.2, 0.25) is 0 Å². The van der Waals surface area contributed by atoms with Gasteiger partial charge in [0.2, 0.25) is 0 Å². The van der Waals surface area contributed by atoms with E-state index in [1.165, 1.54) is 0 Å². The van der Waals surface area contributed by atoms with Crippen molar-refractivity contribution in [2.45, 2.75) is 13.8 Å². The molecule has 1 aliphatic rings. The fraction of sp³-hybridized carbons (Fsp3) is 0.120. The second-order valence-electron chi connectivity index (χ2n) is 7.49. The number of aryl methyl sites for hydroxylation is 1. The van der Waals surface area contributed by atoms with Crippen molar-refractivity contribution in [3.8, 4) is 11.3 Å². The predicted octanol–water partition coefficient (Wildman–Crippen LogP) is 5.32. The Balaban J connectivity index is 1.81. The van der Waals surface area contributed by atoms with E-state index in [-0.39, 0.29) is 5.91 Å². The average molecular weight is 379 g/mol. The van der Waals surface area contributed by atoms with Crippen molar-refractivity contribution in [3.63, 3.8) is 0 Å². The first-order valence-corrected chi connectivity index (χ1v) is 9.69. The Morgan fingerprint density at radius 1 is 0.897 bits per heavy atom. The first-order chi connectivity index (χ1) is 14.1. The number of benzene rings is 2. The first-order valence-electron chi connectivity index (χ1n) is 9.69. The molecule has 4 nitrogen and oxygen atoms in total. The lowest BCUT2D eigenvalue weighted by atomic mass is 10.1. The lowest BCUT2D eigenvalue weighted by molar-refractivity contribution is -0.111. The summed E-state index contributed by atoms with van der Waals surface area (Å²) in [6.07, 6.45) is 2.08. The molecule has 0 fully saturated rings. The highest BCUT2D eigenvalue weighted by atomic mass is 16.2. The molecule has 0 spiro atoms. The number of aliphatic imine (C=N–C) groups is 1. The maximum Gasteiger partial charge on any atom is 0.277 e. The Morgan fingerprint density at radius 2 is 1.62 bits per heavy atom. The highest BCUT2D eigenvalue weighted by Gasteiger charge is 2.31. The maximum atomic E-state index is 12.9. The largest absolute Gasteiger partial charge is 0.314 e. The van der Waals surface area contributed by atoms with E-state index in [1.807, 2.05) is 42.5 Å². The highest BCUT2D eigenvalue weighted by Crippen LogP contribution is 2.39. The Morgan fingerprint density at radius 3 is 2.41 bits per heavy atom. The molecule has 0 bridgehead atoms. The summed E-state index contributed by atoms with van der Waals surface area (Å²) in [4.78, 5) is 19.6. The zero-order valence-corrected chi connectivity index (χ0v) is 16.7. The van der Waals surface area contributed by atoms with Gasteiger partial charge in [0.05, 0.1) is 22.6 Å². The summed E-state index contributed by atoms with van der Waals surface area (Å²) in [5.74, 6) is -0.0705. The number of nitrogens with zero attached hydrogens (tertiary/aromatic N) is 3. The minimum absolute atomic E-state index is 0.0705. The summed E-state index contributed by atoms with van der Waals surface area (Å²) in [7, 11) is 1.80. The zero-order chi connectivity index (χ0) is 20.1. The standard InChI is InChI=1S/C25H21N3O/c1-16-13-14-28-21(15-16)22(17(2)24(28)18-9-5-4-6-10-18)26-23-19-11-7-8-12-20(19)27(3)25(23)29/h4-15H,1-3H3. The summed E-state index contributed by atoms with van der Waals surface area (Å²) in [6, 6.07) is 22.4. The van der Waals surface area contributed by atoms with Crippen LogP contribution in [-0.4, -0.2) is 23.1 Å². The highest BCUT2D eigenvalue weighted by molar-refractivity contribution is 6.54. The normalized spacial score (nSPS) is 14.8. The molecule has 1 amide bonds. The van der Waals surface area contributed by atoms with Crippen molar-refractivity contribution in [1.29, 1.82) is 0 Å². The monoisotopic (exact) mass is 379 g/mol. The van der Waals surface area contributed by atoms with Crippen LogP contribution in [0, 0.1) is 13.8 Å². The number of aromatic nitrogens is 1. The number of anilines is 1. The van der Waals surface area contributed by atoms with Gasteiger partial charge >= 0.3 is 0 Å². The number of pyridine rings is 1. The number of para-hydroxylation sites is 1. The van der Waals surface area contributed by atoms with Gasteiger partial charge in [-0.2, -0.15) is 0 Å². The van der Waals surface area contributed by atoms with Crippen LogP contribution >= 0.6 is 0 Å². The second kappa shape index (κ2) is 6.45. The first kappa shape index (κ1) is 17.4. The number of likely N-dealkylation sites (N-methyl/N-ethyl adjacent to an activating group) is 1. The van der Waals surface area contributed by atoms with E-state index >= 15 is 0 Å². The Kier molecular flexibility index (Phi) is 3.88. The molecule has 0 saturated heterocycles. The van der Waals surface area contributed by atoms with Gasteiger partial charge < -0.3 is 9.30 Å². The molecule has 1 aliphatic heterocycles. The second-order valence-corrected chi connectivity index (χ2v) is 7.49. The van der Waals surface area contributed by atoms with Crippen molar-refractivity contribution in [1.82, 2.24) is 4.40 Å². The van der Waals surface area contributed by atoms with Crippen LogP contribution in [0.4, 0.5) is 11.4 Å². The molecule has 29 heavy (non-hydrogen) atoms. The van der Waals surface area contributed by atoms with Crippen LogP contribution in [0.15, 0.2) is 77.9 Å². The van der Waals surface area contributed by atoms with Crippen molar-refractivity contribution < 1.29 is 4.79 Å². The number of carbonyl (C=O) groups excluding carboxylic acids is 1. The molecule has 0 saturated carbocycles. The molecule has 3 heterocycles. The van der Waals surface area contributed by atoms with Gasteiger partial charge in [-0.15, -0.1) is 0 Å². The number of amides is 1. The van der Waals surface area contributed by atoms with Crippen molar-refractivity contribution in [3.05, 3.63) is 89.6 Å². The van der Waals surface area contributed by atoms with Crippen LogP contribution in [-0.2, 0) is 4.79 Å². The van der Waals surface area contributed by atoms with Gasteiger partial charge in [-0.1, -0.05) is 48.5 Å². The van der Waals surface area contributed by atoms with Crippen LogP contribution in [0.3, 0.4) is 0 Å². The van der Waals surface area contributed by atoms with E-state index in [1.54, 1.807) is 11.9 Å². The third kappa shape index (κ3) is 2.60. The lowest BCUT2D eigenvalue weighted by Gasteiger charge is -2.07. The van der Waals surface area contributed by atoms with Gasteiger partial charge in [-0.3, -0.25) is 4.79 Å². The maximum absolute atomic E-state index is 12.9. The molecule has 4 aromatic rings. The summed E-state index contributed by atoms with van der Waals surface area (Å²) >= 11 is 0. The third-order valence-corrected chi connectivity index (χ3v) is 5.60. The minimum atomic E-state index is -0.0705. The fourth-order valence-corrected chi connectivity index (χ4v) is 4.13. The van der Waals surface area contributed by atoms with E-state index < -0.39 is 0 Å². The van der Waals surface area contributed by atoms with Crippen molar-refractivity contribution in [2.24, 2.45) is 4.99 Å². The molecular formula is C25H21N3O. The fourth-order valence-electron chi connectivity index (χ4n) is 4.13. The van der Waals surface area contributed by atoms with Crippen molar-refractivity contribution in [2.75, 3.05) is 11.9 Å². The zero-order valence-electron chi connectivity index (χ0n) is 16.7. The molecule has 142 valence electrons. The summed E-state index contributed by atoms with van der Waals surface area (Å²) < 4.78 is 2.17. The van der Waals surface area contributed by atoms with Gasteiger partial charge in [0.1, 0.15) is 5.71 Å². The van der Waals surface area contributed by atoms with Gasteiger partial charge in [0.25, 0.3) is 5.91 Å². The third-order valence-electron chi connectivity index (χ3n) is 5.60. The van der Waals surface area contributed by atoms with Gasteiger partial charge in [-0.05, 0) is 43.2 Å². The molecule has 0 aliphatic carbocycles. The summed E-state index contributed by atoms with van der Waals surface area (Å²) in [5, 5.41) is 0. The number of fused-ring (bicyclic) bond motifs is 2. The van der Waals surface area contributed by atoms with Crippen LogP contribution < -0.4 is 4.90 Å². The number of carbonyl (C=O) groups is 1. The van der Waals surface area contributed by atoms with Crippen LogP contribution in [0.5, 0.6) is 0 Å². The number of hydrogen-bond donors (Lipinski definition) is 0. The molecule has 2 aromatic heterocycles. The summed E-state index contributed by atoms with van der Waals surface area (Å²) in [5.41, 5.74) is 8.59. The Labute approximate surface area is 169 Å². The quantitative estimate of drug-likeness (QED) is 0.464.